The fraction of sp³-hybridized carbons (Fsp3) is 0.444. The van der Waals surface area contributed by atoms with Crippen molar-refractivity contribution in [2.45, 2.75) is 25.2 Å². The van der Waals surface area contributed by atoms with Crippen LogP contribution >= 0.6 is 15.9 Å². The minimum Gasteiger partial charge on any atom is -0.423 e. The van der Waals surface area contributed by atoms with E-state index in [1.807, 2.05) is 6.07 Å². The maximum Gasteiger partial charge on any atom is 0.490 e. The van der Waals surface area contributed by atoms with Gasteiger partial charge in [0.05, 0.1) is 0 Å². The Labute approximate surface area is 91.5 Å². The molecule has 1 fully saturated rings. The summed E-state index contributed by atoms with van der Waals surface area (Å²) in [7, 11) is -1.42. The average molecular weight is 256 g/mol. The molecular weight excluding hydrogens is 245 g/mol. The van der Waals surface area contributed by atoms with Gasteiger partial charge in [-0.2, -0.15) is 0 Å². The lowest BCUT2D eigenvalue weighted by molar-refractivity contribution is 0.415. The first-order valence-corrected chi connectivity index (χ1v) is 5.49. The zero-order valence-corrected chi connectivity index (χ0v) is 9.24. The number of pyridine rings is 1. The normalized spacial score (nSPS) is 16.5. The van der Waals surface area contributed by atoms with Gasteiger partial charge in [-0.25, -0.2) is 4.98 Å². The van der Waals surface area contributed by atoms with E-state index in [9.17, 15) is 0 Å². The lowest BCUT2D eigenvalue weighted by Crippen LogP contribution is -2.31. The SMILES string of the molecule is OB(O)c1cnc(Br)c(C2CCC2)c1. The maximum absolute atomic E-state index is 9.01. The Morgan fingerprint density at radius 2 is 2.14 bits per heavy atom. The standard InChI is InChI=1S/C9H11BBrNO2/c11-9-8(6-2-1-3-6)4-7(5-12-9)10(13)14/h4-6,13-14H,1-3H2. The first kappa shape index (κ1) is 10.1. The summed E-state index contributed by atoms with van der Waals surface area (Å²) in [6, 6.07) is 1.82. The van der Waals surface area contributed by atoms with Crippen LogP contribution in [0.4, 0.5) is 0 Å². The Morgan fingerprint density at radius 3 is 2.64 bits per heavy atom. The van der Waals surface area contributed by atoms with Gasteiger partial charge in [-0.05, 0) is 40.3 Å². The Morgan fingerprint density at radius 1 is 1.43 bits per heavy atom. The minimum absolute atomic E-state index is 0.468. The minimum atomic E-state index is -1.42. The number of nitrogens with zero attached hydrogens (tertiary/aromatic N) is 1. The van der Waals surface area contributed by atoms with E-state index in [1.54, 1.807) is 0 Å². The van der Waals surface area contributed by atoms with Crippen molar-refractivity contribution in [3.05, 3.63) is 22.4 Å². The predicted molar refractivity (Wildman–Crippen MR) is 58.4 cm³/mol. The summed E-state index contributed by atoms with van der Waals surface area (Å²) in [6.07, 6.45) is 5.08. The second kappa shape index (κ2) is 4.00. The highest BCUT2D eigenvalue weighted by atomic mass is 79.9. The van der Waals surface area contributed by atoms with E-state index in [0.29, 0.717) is 11.4 Å². The molecule has 5 heteroatoms. The van der Waals surface area contributed by atoms with Gasteiger partial charge >= 0.3 is 7.12 Å². The number of aromatic nitrogens is 1. The maximum atomic E-state index is 9.01. The zero-order chi connectivity index (χ0) is 10.1. The van der Waals surface area contributed by atoms with E-state index in [4.69, 9.17) is 10.0 Å². The fourth-order valence-corrected chi connectivity index (χ4v) is 2.17. The van der Waals surface area contributed by atoms with Crippen molar-refractivity contribution in [2.24, 2.45) is 0 Å². The van der Waals surface area contributed by atoms with Crippen LogP contribution in [0.25, 0.3) is 0 Å². The summed E-state index contributed by atoms with van der Waals surface area (Å²) in [5.41, 5.74) is 1.57. The second-order valence-corrected chi connectivity index (χ2v) is 4.40. The van der Waals surface area contributed by atoms with Gasteiger partial charge in [0.2, 0.25) is 0 Å². The monoisotopic (exact) mass is 255 g/mol. The lowest BCUT2D eigenvalue weighted by Gasteiger charge is -2.26. The molecule has 1 aromatic heterocycles. The molecule has 1 aliphatic carbocycles. The van der Waals surface area contributed by atoms with Gasteiger partial charge in [0.25, 0.3) is 0 Å². The third kappa shape index (κ3) is 1.85. The van der Waals surface area contributed by atoms with Crippen LogP contribution < -0.4 is 5.46 Å². The fourth-order valence-electron chi connectivity index (χ4n) is 1.63. The molecule has 0 aromatic carbocycles. The molecule has 14 heavy (non-hydrogen) atoms. The Bertz CT molecular complexity index is 342. The van der Waals surface area contributed by atoms with Crippen molar-refractivity contribution in [2.75, 3.05) is 0 Å². The number of rotatable bonds is 2. The summed E-state index contributed by atoms with van der Waals surface area (Å²) in [6.45, 7) is 0. The van der Waals surface area contributed by atoms with Crippen LogP contribution in [-0.4, -0.2) is 22.2 Å². The van der Waals surface area contributed by atoms with Gasteiger partial charge < -0.3 is 10.0 Å². The van der Waals surface area contributed by atoms with Gasteiger partial charge in [0.1, 0.15) is 4.60 Å². The first-order chi connectivity index (χ1) is 6.68. The summed E-state index contributed by atoms with van der Waals surface area (Å²) in [5.74, 6) is 0.538. The molecule has 1 aromatic rings. The molecule has 1 heterocycles. The molecule has 74 valence electrons. The van der Waals surface area contributed by atoms with Gasteiger partial charge in [-0.15, -0.1) is 0 Å². The van der Waals surface area contributed by atoms with E-state index in [-0.39, 0.29) is 0 Å². The van der Waals surface area contributed by atoms with Crippen molar-refractivity contribution in [1.29, 1.82) is 0 Å². The molecule has 0 unspecified atom stereocenters. The van der Waals surface area contributed by atoms with Crippen molar-refractivity contribution in [3.63, 3.8) is 0 Å². The summed E-state index contributed by atoms with van der Waals surface area (Å²) >= 11 is 3.38. The van der Waals surface area contributed by atoms with Gasteiger partial charge in [-0.1, -0.05) is 12.5 Å². The van der Waals surface area contributed by atoms with Gasteiger partial charge in [0.15, 0.2) is 0 Å². The van der Waals surface area contributed by atoms with Gasteiger partial charge in [-0.3, -0.25) is 0 Å². The Balaban J connectivity index is 2.31. The topological polar surface area (TPSA) is 53.4 Å². The second-order valence-electron chi connectivity index (χ2n) is 3.65. The van der Waals surface area contributed by atoms with Crippen molar-refractivity contribution < 1.29 is 10.0 Å². The third-order valence-corrected chi connectivity index (χ3v) is 3.39. The van der Waals surface area contributed by atoms with E-state index in [1.165, 1.54) is 25.5 Å². The average Bonchev–Trinajstić information content (AvgIpc) is 2.05. The summed E-state index contributed by atoms with van der Waals surface area (Å²) in [5, 5.41) is 18.0. The molecule has 2 rings (SSSR count). The molecule has 2 N–H and O–H groups in total. The highest BCUT2D eigenvalue weighted by Gasteiger charge is 2.24. The van der Waals surface area contributed by atoms with E-state index >= 15 is 0 Å². The van der Waals surface area contributed by atoms with E-state index in [0.717, 1.165) is 10.2 Å². The van der Waals surface area contributed by atoms with Crippen LogP contribution in [0.5, 0.6) is 0 Å². The lowest BCUT2D eigenvalue weighted by atomic mass is 9.76. The molecule has 0 aliphatic heterocycles. The van der Waals surface area contributed by atoms with Crippen LogP contribution in [0.2, 0.25) is 0 Å². The first-order valence-electron chi connectivity index (χ1n) is 4.70. The highest BCUT2D eigenvalue weighted by Crippen LogP contribution is 2.38. The zero-order valence-electron chi connectivity index (χ0n) is 7.65. The van der Waals surface area contributed by atoms with Crippen molar-refractivity contribution >= 4 is 28.5 Å². The van der Waals surface area contributed by atoms with Crippen LogP contribution in [0.15, 0.2) is 16.9 Å². The van der Waals surface area contributed by atoms with Crippen LogP contribution in [0.3, 0.4) is 0 Å². The summed E-state index contributed by atoms with van der Waals surface area (Å²) in [4.78, 5) is 4.10. The molecule has 0 saturated heterocycles. The highest BCUT2D eigenvalue weighted by molar-refractivity contribution is 9.10. The summed E-state index contributed by atoms with van der Waals surface area (Å²) < 4.78 is 0.826. The molecule has 0 spiro atoms. The van der Waals surface area contributed by atoms with Crippen LogP contribution in [-0.2, 0) is 0 Å². The number of hydrogen-bond donors (Lipinski definition) is 2. The molecule has 0 atom stereocenters. The van der Waals surface area contributed by atoms with Gasteiger partial charge in [0, 0.05) is 11.7 Å². The van der Waals surface area contributed by atoms with Crippen LogP contribution in [0.1, 0.15) is 30.7 Å². The Hall–Kier alpha value is -0.385. The third-order valence-electron chi connectivity index (χ3n) is 2.73. The molecular formula is C9H11BBrNO2. The quantitative estimate of drug-likeness (QED) is 0.607. The molecule has 0 radical (unpaired) electrons. The van der Waals surface area contributed by atoms with E-state index < -0.39 is 7.12 Å². The molecule has 3 nitrogen and oxygen atoms in total. The molecule has 1 aliphatic rings. The largest absolute Gasteiger partial charge is 0.490 e. The van der Waals surface area contributed by atoms with Crippen molar-refractivity contribution in [1.82, 2.24) is 4.98 Å². The smallest absolute Gasteiger partial charge is 0.423 e. The molecule has 0 amide bonds. The molecule has 1 saturated carbocycles. The predicted octanol–water partition coefficient (Wildman–Crippen LogP) is 0.791. The van der Waals surface area contributed by atoms with E-state index in [2.05, 4.69) is 20.9 Å². The van der Waals surface area contributed by atoms with Crippen LogP contribution in [0, 0.1) is 0 Å². The number of halogens is 1. The number of hydrogen-bond acceptors (Lipinski definition) is 3. The Kier molecular flexibility index (Phi) is 2.90. The molecule has 0 bridgehead atoms. The van der Waals surface area contributed by atoms with Crippen molar-refractivity contribution in [3.8, 4) is 0 Å².